The van der Waals surface area contributed by atoms with Crippen LogP contribution in [0.1, 0.15) is 18.4 Å². The minimum Gasteiger partial charge on any atom is -0.311 e. The summed E-state index contributed by atoms with van der Waals surface area (Å²) in [6.07, 6.45) is 8.77. The van der Waals surface area contributed by atoms with Crippen LogP contribution < -0.4 is 0 Å². The third kappa shape index (κ3) is 4.73. The second-order valence-corrected chi connectivity index (χ2v) is 13.2. The number of aryl methyl sites for hydroxylation is 1. The van der Waals surface area contributed by atoms with Gasteiger partial charge in [-0.25, -0.2) is 15.0 Å². The first-order valence-electron chi connectivity index (χ1n) is 17.5. The maximum Gasteiger partial charge on any atom is 0.164 e. The van der Waals surface area contributed by atoms with Crippen molar-refractivity contribution in [1.82, 2.24) is 24.1 Å². The molecule has 0 saturated carbocycles. The average molecular weight is 656 g/mol. The quantitative estimate of drug-likeness (QED) is 0.185. The summed E-state index contributed by atoms with van der Waals surface area (Å²) in [5.74, 6) is 1.98. The molecule has 0 bridgehead atoms. The third-order valence-corrected chi connectivity index (χ3v) is 10.2. The van der Waals surface area contributed by atoms with Crippen molar-refractivity contribution < 1.29 is 0 Å². The summed E-state index contributed by atoms with van der Waals surface area (Å²) < 4.78 is 4.96. The molecule has 0 atom stereocenters. The lowest BCUT2D eigenvalue weighted by Gasteiger charge is -2.16. The van der Waals surface area contributed by atoms with Crippen LogP contribution in [0.3, 0.4) is 0 Å². The van der Waals surface area contributed by atoms with E-state index < -0.39 is 0 Å². The molecule has 1 aliphatic rings. The second-order valence-electron chi connectivity index (χ2n) is 13.2. The molecule has 9 aromatic rings. The van der Waals surface area contributed by atoms with Crippen LogP contribution in [0.25, 0.3) is 89.2 Å². The largest absolute Gasteiger partial charge is 0.311 e. The number of benzene rings is 6. The van der Waals surface area contributed by atoms with Crippen LogP contribution in [0.15, 0.2) is 158 Å². The van der Waals surface area contributed by atoms with Gasteiger partial charge >= 0.3 is 0 Å². The fourth-order valence-electron chi connectivity index (χ4n) is 7.81. The predicted octanol–water partition coefficient (Wildman–Crippen LogP) is 11.6. The molecule has 1 aliphatic carbocycles. The Kier molecular flexibility index (Phi) is 6.78. The minimum atomic E-state index is 0.660. The molecule has 3 heterocycles. The van der Waals surface area contributed by atoms with Gasteiger partial charge in [-0.2, -0.15) is 0 Å². The van der Waals surface area contributed by atoms with E-state index in [1.165, 1.54) is 49.3 Å². The Morgan fingerprint density at radius 1 is 0.510 bits per heavy atom. The number of allylic oxidation sites excluding steroid dienone is 4. The number of hydrogen-bond acceptors (Lipinski definition) is 3. The molecular formula is C46H33N5. The lowest BCUT2D eigenvalue weighted by atomic mass is 10.1. The van der Waals surface area contributed by atoms with Gasteiger partial charge in [-0.3, -0.25) is 0 Å². The number of nitrogens with zero attached hydrogens (tertiary/aromatic N) is 5. The lowest BCUT2D eigenvalue weighted by molar-refractivity contribution is 0.979. The van der Waals surface area contributed by atoms with Gasteiger partial charge in [0.1, 0.15) is 0 Å². The van der Waals surface area contributed by atoms with Crippen LogP contribution in [-0.4, -0.2) is 24.1 Å². The van der Waals surface area contributed by atoms with Crippen molar-refractivity contribution in [2.75, 3.05) is 0 Å². The Morgan fingerprint density at radius 3 is 1.65 bits per heavy atom. The van der Waals surface area contributed by atoms with Crippen LogP contribution in [0.2, 0.25) is 0 Å². The van der Waals surface area contributed by atoms with Gasteiger partial charge in [-0.1, -0.05) is 121 Å². The Hall–Kier alpha value is -6.59. The van der Waals surface area contributed by atoms with Crippen molar-refractivity contribution >= 4 is 49.3 Å². The van der Waals surface area contributed by atoms with E-state index in [9.17, 15) is 0 Å². The van der Waals surface area contributed by atoms with Crippen molar-refractivity contribution in [1.29, 1.82) is 0 Å². The zero-order valence-electron chi connectivity index (χ0n) is 28.2. The van der Waals surface area contributed by atoms with Crippen LogP contribution in [0.5, 0.6) is 0 Å². The van der Waals surface area contributed by atoms with Gasteiger partial charge in [0.25, 0.3) is 0 Å². The van der Waals surface area contributed by atoms with Crippen molar-refractivity contribution in [3.8, 4) is 39.9 Å². The summed E-state index contributed by atoms with van der Waals surface area (Å²) >= 11 is 0. The van der Waals surface area contributed by atoms with Gasteiger partial charge in [0.2, 0.25) is 0 Å². The smallest absolute Gasteiger partial charge is 0.164 e. The first-order valence-corrected chi connectivity index (χ1v) is 17.5. The fraction of sp³-hybridized carbons (Fsp3) is 0.0652. The number of fused-ring (bicyclic) bond motifs is 7. The van der Waals surface area contributed by atoms with E-state index in [1.807, 2.05) is 60.7 Å². The lowest BCUT2D eigenvalue weighted by Crippen LogP contribution is -2.03. The number of rotatable bonds is 5. The highest BCUT2D eigenvalue weighted by atomic mass is 15.1. The molecule has 0 fully saturated rings. The molecule has 5 nitrogen and oxygen atoms in total. The summed E-state index contributed by atoms with van der Waals surface area (Å²) in [6.45, 7) is 2.16. The van der Waals surface area contributed by atoms with E-state index in [4.69, 9.17) is 15.0 Å². The van der Waals surface area contributed by atoms with Gasteiger partial charge in [-0.05, 0) is 61.7 Å². The van der Waals surface area contributed by atoms with E-state index >= 15 is 0 Å². The summed E-state index contributed by atoms with van der Waals surface area (Å²) in [5, 5.41) is 5.01. The Balaban J connectivity index is 1.22. The maximum absolute atomic E-state index is 5.04. The van der Waals surface area contributed by atoms with Crippen molar-refractivity contribution in [2.24, 2.45) is 0 Å². The molecule has 10 rings (SSSR count). The monoisotopic (exact) mass is 655 g/mol. The second kappa shape index (κ2) is 11.8. The van der Waals surface area contributed by atoms with E-state index in [1.54, 1.807) is 0 Å². The van der Waals surface area contributed by atoms with E-state index in [0.29, 0.717) is 17.5 Å². The minimum absolute atomic E-state index is 0.660. The van der Waals surface area contributed by atoms with Gasteiger partial charge in [0, 0.05) is 49.6 Å². The molecule has 3 aromatic heterocycles. The normalized spacial score (nSPS) is 13.1. The van der Waals surface area contributed by atoms with Crippen LogP contribution in [-0.2, 0) is 0 Å². The molecule has 5 heteroatoms. The van der Waals surface area contributed by atoms with E-state index in [2.05, 4.69) is 113 Å². The molecule has 0 spiro atoms. The van der Waals surface area contributed by atoms with E-state index in [-0.39, 0.29) is 0 Å². The van der Waals surface area contributed by atoms with Gasteiger partial charge in [-0.15, -0.1) is 0 Å². The Morgan fingerprint density at radius 2 is 1.06 bits per heavy atom. The zero-order chi connectivity index (χ0) is 33.9. The van der Waals surface area contributed by atoms with E-state index in [0.717, 1.165) is 40.8 Å². The van der Waals surface area contributed by atoms with Crippen LogP contribution >= 0.6 is 0 Å². The third-order valence-electron chi connectivity index (χ3n) is 10.2. The highest BCUT2D eigenvalue weighted by Crippen LogP contribution is 2.42. The van der Waals surface area contributed by atoms with Crippen molar-refractivity contribution in [3.05, 3.63) is 163 Å². The number of para-hydroxylation sites is 2. The number of hydrogen-bond donors (Lipinski definition) is 0. The van der Waals surface area contributed by atoms with Crippen LogP contribution in [0.4, 0.5) is 0 Å². The van der Waals surface area contributed by atoms with Gasteiger partial charge < -0.3 is 9.13 Å². The molecule has 242 valence electrons. The molecule has 51 heavy (non-hydrogen) atoms. The molecule has 0 N–H and O–H groups in total. The highest BCUT2D eigenvalue weighted by molar-refractivity contribution is 6.24. The zero-order valence-corrected chi connectivity index (χ0v) is 28.2. The number of aromatic nitrogens is 5. The Bertz CT molecular complexity index is 2800. The topological polar surface area (TPSA) is 48.5 Å². The van der Waals surface area contributed by atoms with Crippen molar-refractivity contribution in [2.45, 2.75) is 19.8 Å². The fourth-order valence-corrected chi connectivity index (χ4v) is 7.81. The van der Waals surface area contributed by atoms with Gasteiger partial charge in [0.15, 0.2) is 17.5 Å². The predicted molar refractivity (Wildman–Crippen MR) is 211 cm³/mol. The average Bonchev–Trinajstić information content (AvgIpc) is 3.72. The van der Waals surface area contributed by atoms with Crippen molar-refractivity contribution in [3.63, 3.8) is 0 Å². The first-order chi connectivity index (χ1) is 25.2. The SMILES string of the molecule is Cc1cc(-n2c3ccccc3c3ccc4c5ccccc5n(C5=CC=CCC5)c4c32)ccc1-c1nc(-c2ccccc2)nc(-c2ccccc2)n1. The Labute approximate surface area is 295 Å². The maximum atomic E-state index is 5.04. The van der Waals surface area contributed by atoms with Crippen LogP contribution in [0, 0.1) is 6.92 Å². The molecule has 0 unspecified atom stereocenters. The molecule has 0 saturated heterocycles. The molecule has 0 amide bonds. The molecular weight excluding hydrogens is 623 g/mol. The van der Waals surface area contributed by atoms with Gasteiger partial charge in [0.05, 0.1) is 22.1 Å². The summed E-state index contributed by atoms with van der Waals surface area (Å²) in [7, 11) is 0. The highest BCUT2D eigenvalue weighted by Gasteiger charge is 2.22. The standard InChI is InChI=1S/C46H33N5/c1-30-29-34(25-26-35(30)46-48-44(31-15-5-2-6-16-31)47-45(49-46)32-17-7-3-8-18-32)51-41-24-14-12-22-37(41)39-28-27-38-36-21-11-13-23-40(36)50(42(38)43(39)51)33-19-9-4-10-20-33/h2-9,11-19,21-29H,10,20H2,1H3. The molecule has 0 radical (unpaired) electrons. The summed E-state index contributed by atoms with van der Waals surface area (Å²) in [4.78, 5) is 15.0. The molecule has 0 aliphatic heterocycles. The first kappa shape index (κ1) is 29.3. The summed E-state index contributed by atoms with van der Waals surface area (Å²) in [5.41, 5.74) is 11.3. The molecule has 6 aromatic carbocycles. The summed E-state index contributed by atoms with van der Waals surface area (Å²) in [6, 6.07) is 49.2.